The molecular weight excluding hydrogens is 415 g/mol. The number of nitrogens with zero attached hydrogens (tertiary/aromatic N) is 3. The first-order valence-corrected chi connectivity index (χ1v) is 11.4. The molecule has 5 rings (SSSR count). The molecule has 3 heterocycles. The lowest BCUT2D eigenvalue weighted by Crippen LogP contribution is -2.17. The maximum absolute atomic E-state index is 13.7. The van der Waals surface area contributed by atoms with Crippen molar-refractivity contribution in [3.05, 3.63) is 60.5 Å². The average molecular weight is 439 g/mol. The first-order valence-electron chi connectivity index (χ1n) is 10.4. The Labute approximate surface area is 183 Å². The standard InChI is InChI=1S/C23H23FN4O2S/c24-19-8-2-4-10-21(19)30-12-13-31-23-27-26-22(28(23)15-16-6-5-11-29-16)18-14-25-20-9-3-1-7-17(18)20/h1-4,7-10,14,16,25H,5-6,11-13,15H2. The Kier molecular flexibility index (Phi) is 5.90. The van der Waals surface area contributed by atoms with Crippen LogP contribution in [0, 0.1) is 5.82 Å². The molecule has 1 unspecified atom stereocenters. The number of rotatable bonds is 8. The summed E-state index contributed by atoms with van der Waals surface area (Å²) in [4.78, 5) is 3.32. The fraction of sp³-hybridized carbons (Fsp3) is 0.304. The molecule has 1 saturated heterocycles. The number of nitrogens with one attached hydrogen (secondary N) is 1. The smallest absolute Gasteiger partial charge is 0.191 e. The van der Waals surface area contributed by atoms with E-state index in [-0.39, 0.29) is 17.7 Å². The Balaban J connectivity index is 1.36. The lowest BCUT2D eigenvalue weighted by Gasteiger charge is -2.14. The van der Waals surface area contributed by atoms with Crippen LogP contribution < -0.4 is 4.74 Å². The van der Waals surface area contributed by atoms with Crippen LogP contribution in [0.2, 0.25) is 0 Å². The predicted octanol–water partition coefficient (Wildman–Crippen LogP) is 4.92. The summed E-state index contributed by atoms with van der Waals surface area (Å²) in [6.45, 7) is 1.88. The van der Waals surface area contributed by atoms with Gasteiger partial charge in [0.2, 0.25) is 0 Å². The summed E-state index contributed by atoms with van der Waals surface area (Å²) in [5.41, 5.74) is 2.09. The van der Waals surface area contributed by atoms with Crippen molar-refractivity contribution >= 4 is 22.7 Å². The molecule has 6 nitrogen and oxygen atoms in total. The molecule has 0 spiro atoms. The molecule has 1 atom stereocenters. The lowest BCUT2D eigenvalue weighted by molar-refractivity contribution is 0.0953. The summed E-state index contributed by atoms with van der Waals surface area (Å²) in [6, 6.07) is 14.6. The van der Waals surface area contributed by atoms with Gasteiger partial charge in [-0.05, 0) is 31.0 Å². The Bertz CT molecular complexity index is 1170. The molecule has 1 aliphatic heterocycles. The van der Waals surface area contributed by atoms with Crippen LogP contribution in [0.1, 0.15) is 12.8 Å². The number of aromatic amines is 1. The molecule has 1 fully saturated rings. The second-order valence-electron chi connectivity index (χ2n) is 7.43. The van der Waals surface area contributed by atoms with Crippen LogP contribution >= 0.6 is 11.8 Å². The van der Waals surface area contributed by atoms with Crippen LogP contribution in [-0.4, -0.2) is 44.8 Å². The molecular formula is C23H23FN4O2S. The van der Waals surface area contributed by atoms with Crippen molar-refractivity contribution in [1.82, 2.24) is 19.7 Å². The lowest BCUT2D eigenvalue weighted by atomic mass is 10.1. The number of aromatic nitrogens is 4. The monoisotopic (exact) mass is 438 g/mol. The van der Waals surface area contributed by atoms with Crippen LogP contribution in [0.4, 0.5) is 4.39 Å². The summed E-state index contributed by atoms with van der Waals surface area (Å²) < 4.78 is 27.3. The van der Waals surface area contributed by atoms with Gasteiger partial charge in [-0.25, -0.2) is 4.39 Å². The second-order valence-corrected chi connectivity index (χ2v) is 8.49. The van der Waals surface area contributed by atoms with Gasteiger partial charge in [-0.2, -0.15) is 0 Å². The molecule has 8 heteroatoms. The molecule has 0 radical (unpaired) electrons. The summed E-state index contributed by atoms with van der Waals surface area (Å²) in [7, 11) is 0. The van der Waals surface area contributed by atoms with Gasteiger partial charge < -0.3 is 14.5 Å². The van der Waals surface area contributed by atoms with Crippen LogP contribution in [0.5, 0.6) is 5.75 Å². The molecule has 0 aliphatic carbocycles. The Morgan fingerprint density at radius 3 is 2.90 bits per heavy atom. The number of fused-ring (bicyclic) bond motifs is 1. The Morgan fingerprint density at radius 1 is 1.16 bits per heavy atom. The van der Waals surface area contributed by atoms with E-state index < -0.39 is 0 Å². The Hall–Kier alpha value is -2.84. The zero-order valence-corrected chi connectivity index (χ0v) is 17.8. The molecule has 1 aliphatic rings. The number of thioether (sulfide) groups is 1. The van der Waals surface area contributed by atoms with Gasteiger partial charge >= 0.3 is 0 Å². The van der Waals surface area contributed by atoms with E-state index in [1.807, 2.05) is 18.3 Å². The molecule has 160 valence electrons. The minimum atomic E-state index is -0.351. The highest BCUT2D eigenvalue weighted by Gasteiger charge is 2.23. The molecule has 2 aromatic carbocycles. The Morgan fingerprint density at radius 2 is 2.03 bits per heavy atom. The summed E-state index contributed by atoms with van der Waals surface area (Å²) in [5.74, 6) is 1.37. The van der Waals surface area contributed by atoms with E-state index in [0.29, 0.717) is 18.9 Å². The van der Waals surface area contributed by atoms with Gasteiger partial charge in [0, 0.05) is 35.0 Å². The van der Waals surface area contributed by atoms with E-state index in [4.69, 9.17) is 9.47 Å². The summed E-state index contributed by atoms with van der Waals surface area (Å²) >= 11 is 1.56. The molecule has 0 saturated carbocycles. The zero-order chi connectivity index (χ0) is 21.0. The number of ether oxygens (including phenoxy) is 2. The SMILES string of the molecule is Fc1ccccc1OCCSc1nnc(-c2c[nH]c3ccccc23)n1CC1CCCO1. The third kappa shape index (κ3) is 4.31. The number of para-hydroxylation sites is 2. The van der Waals surface area contributed by atoms with Crippen molar-refractivity contribution in [3.63, 3.8) is 0 Å². The average Bonchev–Trinajstić information content (AvgIpc) is 3.53. The number of hydrogen-bond donors (Lipinski definition) is 1. The fourth-order valence-electron chi connectivity index (χ4n) is 3.85. The minimum Gasteiger partial charge on any atom is -0.490 e. The van der Waals surface area contributed by atoms with E-state index in [1.54, 1.807) is 30.0 Å². The zero-order valence-electron chi connectivity index (χ0n) is 17.0. The molecule has 1 N–H and O–H groups in total. The summed E-state index contributed by atoms with van der Waals surface area (Å²) in [6.07, 6.45) is 4.25. The van der Waals surface area contributed by atoms with Gasteiger partial charge in [0.05, 0.1) is 19.3 Å². The van der Waals surface area contributed by atoms with Gasteiger partial charge in [0.25, 0.3) is 0 Å². The van der Waals surface area contributed by atoms with Gasteiger partial charge in [-0.1, -0.05) is 42.1 Å². The van der Waals surface area contributed by atoms with E-state index in [1.165, 1.54) is 6.07 Å². The highest BCUT2D eigenvalue weighted by molar-refractivity contribution is 7.99. The number of halogens is 1. The topological polar surface area (TPSA) is 65.0 Å². The van der Waals surface area contributed by atoms with Crippen molar-refractivity contribution in [2.75, 3.05) is 19.0 Å². The second kappa shape index (κ2) is 9.11. The molecule has 4 aromatic rings. The molecule has 2 aromatic heterocycles. The fourth-order valence-corrected chi connectivity index (χ4v) is 4.62. The summed E-state index contributed by atoms with van der Waals surface area (Å²) in [5, 5.41) is 10.9. The van der Waals surface area contributed by atoms with Crippen molar-refractivity contribution in [3.8, 4) is 17.1 Å². The highest BCUT2D eigenvalue weighted by Crippen LogP contribution is 2.31. The third-order valence-electron chi connectivity index (χ3n) is 5.37. The van der Waals surface area contributed by atoms with Crippen LogP contribution in [0.3, 0.4) is 0 Å². The number of benzene rings is 2. The van der Waals surface area contributed by atoms with Gasteiger partial charge in [0.15, 0.2) is 22.5 Å². The van der Waals surface area contributed by atoms with Crippen molar-refractivity contribution in [2.45, 2.75) is 30.6 Å². The van der Waals surface area contributed by atoms with Crippen LogP contribution in [-0.2, 0) is 11.3 Å². The molecule has 0 amide bonds. The number of hydrogen-bond acceptors (Lipinski definition) is 5. The van der Waals surface area contributed by atoms with Crippen LogP contribution in [0.25, 0.3) is 22.3 Å². The van der Waals surface area contributed by atoms with Crippen molar-refractivity contribution in [2.24, 2.45) is 0 Å². The molecule has 31 heavy (non-hydrogen) atoms. The first-order chi connectivity index (χ1) is 15.3. The van der Waals surface area contributed by atoms with Gasteiger partial charge in [-0.3, -0.25) is 4.57 Å². The van der Waals surface area contributed by atoms with Crippen molar-refractivity contribution in [1.29, 1.82) is 0 Å². The van der Waals surface area contributed by atoms with E-state index in [0.717, 1.165) is 46.9 Å². The van der Waals surface area contributed by atoms with E-state index in [9.17, 15) is 4.39 Å². The third-order valence-corrected chi connectivity index (χ3v) is 6.30. The number of H-pyrrole nitrogens is 1. The van der Waals surface area contributed by atoms with Crippen molar-refractivity contribution < 1.29 is 13.9 Å². The van der Waals surface area contributed by atoms with Crippen LogP contribution in [0.15, 0.2) is 59.9 Å². The largest absolute Gasteiger partial charge is 0.490 e. The van der Waals surface area contributed by atoms with E-state index in [2.05, 4.69) is 31.9 Å². The molecule has 0 bridgehead atoms. The quantitative estimate of drug-likeness (QED) is 0.313. The normalized spacial score (nSPS) is 16.2. The predicted molar refractivity (Wildman–Crippen MR) is 119 cm³/mol. The first kappa shape index (κ1) is 20.1. The van der Waals surface area contributed by atoms with E-state index >= 15 is 0 Å². The maximum atomic E-state index is 13.7. The minimum absolute atomic E-state index is 0.161. The maximum Gasteiger partial charge on any atom is 0.191 e. The highest BCUT2D eigenvalue weighted by atomic mass is 32.2. The van der Waals surface area contributed by atoms with Gasteiger partial charge in [0.1, 0.15) is 0 Å². The van der Waals surface area contributed by atoms with Gasteiger partial charge in [-0.15, -0.1) is 10.2 Å².